The van der Waals surface area contributed by atoms with E-state index in [4.69, 9.17) is 9.47 Å². The third kappa shape index (κ3) is 4.36. The maximum atomic E-state index is 13.0. The van der Waals surface area contributed by atoms with E-state index in [0.29, 0.717) is 16.0 Å². The topological polar surface area (TPSA) is 82.5 Å². The lowest BCUT2D eigenvalue weighted by atomic mass is 10.1. The molecule has 0 unspecified atom stereocenters. The Kier molecular flexibility index (Phi) is 6.23. The molecular weight excluding hydrogens is 426 g/mol. The molecule has 164 valence electrons. The number of amides is 1. The van der Waals surface area contributed by atoms with E-state index in [0.717, 1.165) is 21.8 Å². The summed E-state index contributed by atoms with van der Waals surface area (Å²) in [4.78, 5) is 30.9. The van der Waals surface area contributed by atoms with Crippen LogP contribution < -0.4 is 20.3 Å². The Morgan fingerprint density at radius 1 is 1.12 bits per heavy atom. The van der Waals surface area contributed by atoms with Crippen molar-refractivity contribution in [3.05, 3.63) is 76.8 Å². The van der Waals surface area contributed by atoms with Gasteiger partial charge in [0.25, 0.3) is 5.56 Å². The molecule has 0 radical (unpaired) electrons. The number of fused-ring (bicyclic) bond motifs is 1. The summed E-state index contributed by atoms with van der Waals surface area (Å²) >= 11 is 1.36. The molecule has 2 aromatic carbocycles. The number of methoxy groups -OCH3 is 2. The quantitative estimate of drug-likeness (QED) is 0.461. The summed E-state index contributed by atoms with van der Waals surface area (Å²) in [6, 6.07) is 16.7. The highest BCUT2D eigenvalue weighted by molar-refractivity contribution is 7.22. The Morgan fingerprint density at radius 2 is 1.88 bits per heavy atom. The van der Waals surface area contributed by atoms with E-state index in [1.165, 1.54) is 22.2 Å². The lowest BCUT2D eigenvalue weighted by Gasteiger charge is -2.17. The zero-order valence-electron chi connectivity index (χ0n) is 18.0. The van der Waals surface area contributed by atoms with Gasteiger partial charge in [0, 0.05) is 10.4 Å². The van der Waals surface area contributed by atoms with Gasteiger partial charge in [-0.3, -0.25) is 14.2 Å². The number of hydrogen-bond donors (Lipinski definition) is 1. The molecule has 1 atom stereocenters. The average molecular weight is 450 g/mol. The van der Waals surface area contributed by atoms with Crippen molar-refractivity contribution in [2.24, 2.45) is 0 Å². The molecule has 0 aliphatic carbocycles. The van der Waals surface area contributed by atoms with Gasteiger partial charge in [0.1, 0.15) is 22.7 Å². The van der Waals surface area contributed by atoms with Crippen LogP contribution in [0.5, 0.6) is 11.5 Å². The zero-order valence-corrected chi connectivity index (χ0v) is 18.8. The highest BCUT2D eigenvalue weighted by Gasteiger charge is 2.16. The number of ether oxygens (including phenoxy) is 2. The van der Waals surface area contributed by atoms with Crippen LogP contribution in [0, 0.1) is 0 Å². The van der Waals surface area contributed by atoms with E-state index in [1.54, 1.807) is 14.2 Å². The molecule has 0 spiro atoms. The van der Waals surface area contributed by atoms with Crippen LogP contribution in [0.4, 0.5) is 0 Å². The van der Waals surface area contributed by atoms with Crippen LogP contribution in [0.3, 0.4) is 0 Å². The zero-order chi connectivity index (χ0) is 22.7. The van der Waals surface area contributed by atoms with E-state index < -0.39 is 0 Å². The fraction of sp³-hybridized carbons (Fsp3) is 0.208. The molecule has 1 N–H and O–H groups in total. The van der Waals surface area contributed by atoms with Crippen molar-refractivity contribution in [3.8, 4) is 21.9 Å². The first-order valence-corrected chi connectivity index (χ1v) is 10.9. The molecule has 32 heavy (non-hydrogen) atoms. The van der Waals surface area contributed by atoms with Crippen molar-refractivity contribution in [1.82, 2.24) is 14.9 Å². The number of thiophene rings is 1. The van der Waals surface area contributed by atoms with Gasteiger partial charge in [-0.1, -0.05) is 18.2 Å². The van der Waals surface area contributed by atoms with E-state index in [9.17, 15) is 9.59 Å². The maximum absolute atomic E-state index is 13.0. The van der Waals surface area contributed by atoms with Gasteiger partial charge in [0.2, 0.25) is 5.91 Å². The average Bonchev–Trinajstić information content (AvgIpc) is 3.26. The number of para-hydroxylation sites is 1. The second kappa shape index (κ2) is 9.23. The van der Waals surface area contributed by atoms with Gasteiger partial charge in [-0.25, -0.2) is 4.98 Å². The van der Waals surface area contributed by atoms with Crippen LogP contribution in [0.1, 0.15) is 18.5 Å². The predicted molar refractivity (Wildman–Crippen MR) is 125 cm³/mol. The normalized spacial score (nSPS) is 11.8. The van der Waals surface area contributed by atoms with E-state index in [-0.39, 0.29) is 24.1 Å². The summed E-state index contributed by atoms with van der Waals surface area (Å²) in [6.45, 7) is 1.76. The molecule has 0 aliphatic heterocycles. The summed E-state index contributed by atoms with van der Waals surface area (Å²) in [5.41, 5.74) is 2.22. The van der Waals surface area contributed by atoms with Crippen molar-refractivity contribution < 1.29 is 14.3 Å². The molecule has 0 saturated carbocycles. The van der Waals surface area contributed by atoms with Crippen molar-refractivity contribution in [2.75, 3.05) is 14.2 Å². The molecule has 8 heteroatoms. The molecule has 0 bridgehead atoms. The first-order valence-electron chi connectivity index (χ1n) is 10.1. The van der Waals surface area contributed by atoms with Crippen LogP contribution in [0.2, 0.25) is 0 Å². The fourth-order valence-electron chi connectivity index (χ4n) is 3.50. The number of carbonyl (C=O) groups excluding carboxylic acids is 1. The summed E-state index contributed by atoms with van der Waals surface area (Å²) < 4.78 is 12.4. The Morgan fingerprint density at radius 3 is 2.59 bits per heavy atom. The van der Waals surface area contributed by atoms with Crippen molar-refractivity contribution >= 4 is 27.5 Å². The molecule has 0 aliphatic rings. The van der Waals surface area contributed by atoms with E-state index in [2.05, 4.69) is 10.3 Å². The summed E-state index contributed by atoms with van der Waals surface area (Å²) in [7, 11) is 3.21. The van der Waals surface area contributed by atoms with Crippen molar-refractivity contribution in [2.45, 2.75) is 19.5 Å². The smallest absolute Gasteiger partial charge is 0.271 e. The van der Waals surface area contributed by atoms with Crippen LogP contribution in [-0.2, 0) is 11.3 Å². The van der Waals surface area contributed by atoms with Gasteiger partial charge in [-0.15, -0.1) is 11.3 Å². The second-order valence-corrected chi connectivity index (χ2v) is 8.31. The van der Waals surface area contributed by atoms with Gasteiger partial charge < -0.3 is 14.8 Å². The SMILES string of the molecule is COc1ccc(-c2cc3ncn(CC(=O)N[C@H](C)c4ccccc4OC)c(=O)c3s2)cc1. The number of hydrogen-bond acceptors (Lipinski definition) is 6. The first-order chi connectivity index (χ1) is 15.5. The molecule has 7 nitrogen and oxygen atoms in total. The molecular formula is C24H23N3O4S. The maximum Gasteiger partial charge on any atom is 0.271 e. The monoisotopic (exact) mass is 449 g/mol. The highest BCUT2D eigenvalue weighted by atomic mass is 32.1. The number of nitrogens with zero attached hydrogens (tertiary/aromatic N) is 2. The lowest BCUT2D eigenvalue weighted by Crippen LogP contribution is -2.33. The Labute approximate surface area is 189 Å². The van der Waals surface area contributed by atoms with Gasteiger partial charge >= 0.3 is 0 Å². The standard InChI is InChI=1S/C24H23N3O4S/c1-15(18-6-4-5-7-20(18)31-3)26-22(28)13-27-14-25-19-12-21(32-23(19)24(27)29)16-8-10-17(30-2)11-9-16/h4-12,14-15H,13H2,1-3H3,(H,26,28)/t15-/m1/s1. The third-order valence-electron chi connectivity index (χ3n) is 5.18. The lowest BCUT2D eigenvalue weighted by molar-refractivity contribution is -0.122. The van der Waals surface area contributed by atoms with Gasteiger partial charge in [0.15, 0.2) is 0 Å². The first kappa shape index (κ1) is 21.6. The fourth-order valence-corrected chi connectivity index (χ4v) is 4.56. The number of benzene rings is 2. The van der Waals surface area contributed by atoms with Gasteiger partial charge in [0.05, 0.1) is 32.1 Å². The number of carbonyl (C=O) groups is 1. The summed E-state index contributed by atoms with van der Waals surface area (Å²) in [5.74, 6) is 1.19. The largest absolute Gasteiger partial charge is 0.497 e. The van der Waals surface area contributed by atoms with Gasteiger partial charge in [-0.05, 0) is 48.9 Å². The van der Waals surface area contributed by atoms with E-state index in [1.807, 2.05) is 61.5 Å². The molecule has 0 saturated heterocycles. The molecule has 2 aromatic heterocycles. The molecule has 2 heterocycles. The van der Waals surface area contributed by atoms with E-state index >= 15 is 0 Å². The Balaban J connectivity index is 1.53. The Bertz CT molecular complexity index is 1310. The molecule has 4 aromatic rings. The number of nitrogens with one attached hydrogen (secondary N) is 1. The van der Waals surface area contributed by atoms with Gasteiger partial charge in [-0.2, -0.15) is 0 Å². The molecule has 4 rings (SSSR count). The second-order valence-electron chi connectivity index (χ2n) is 7.26. The molecule has 0 fully saturated rings. The summed E-state index contributed by atoms with van der Waals surface area (Å²) in [6.07, 6.45) is 1.42. The Hall–Kier alpha value is -3.65. The van der Waals surface area contributed by atoms with Crippen LogP contribution in [0.15, 0.2) is 65.7 Å². The number of aromatic nitrogens is 2. The minimum absolute atomic E-state index is 0.114. The predicted octanol–water partition coefficient (Wildman–Crippen LogP) is 4.02. The minimum atomic E-state index is -0.279. The van der Waals surface area contributed by atoms with Crippen molar-refractivity contribution in [3.63, 3.8) is 0 Å². The van der Waals surface area contributed by atoms with Crippen LogP contribution >= 0.6 is 11.3 Å². The van der Waals surface area contributed by atoms with Crippen molar-refractivity contribution in [1.29, 1.82) is 0 Å². The minimum Gasteiger partial charge on any atom is -0.497 e. The molecule has 1 amide bonds. The third-order valence-corrected chi connectivity index (χ3v) is 6.34. The van der Waals surface area contributed by atoms with Crippen LogP contribution in [-0.4, -0.2) is 29.7 Å². The number of rotatable bonds is 7. The highest BCUT2D eigenvalue weighted by Crippen LogP contribution is 2.31. The van der Waals surface area contributed by atoms with Crippen LogP contribution in [0.25, 0.3) is 20.7 Å². The summed E-state index contributed by atoms with van der Waals surface area (Å²) in [5, 5.41) is 2.92.